The monoisotopic (exact) mass is 267 g/mol. The van der Waals surface area contributed by atoms with Crippen molar-refractivity contribution in [1.29, 1.82) is 0 Å². The van der Waals surface area contributed by atoms with Crippen LogP contribution >= 0.6 is 11.6 Å². The molecule has 2 N–H and O–H groups in total. The third-order valence-electron chi connectivity index (χ3n) is 3.39. The van der Waals surface area contributed by atoms with Crippen molar-refractivity contribution in [3.05, 3.63) is 29.0 Å². The molecule has 0 radical (unpaired) electrons. The van der Waals surface area contributed by atoms with E-state index in [1.165, 1.54) is 5.56 Å². The van der Waals surface area contributed by atoms with Crippen molar-refractivity contribution in [1.82, 2.24) is 9.88 Å². The minimum absolute atomic E-state index is 0.186. The number of rotatable bonds is 4. The smallest absolute Gasteiger partial charge is 0.217 e. The standard InChI is InChI=1S/C13H18ClN3O/c14-12-7-11(1-4-16-12)9-17-5-2-10(3-6-17)8-13(15)18/h1,4,7,10H,2-3,5-6,8-9H2,(H2,15,18). The minimum atomic E-state index is -0.186. The molecule has 98 valence electrons. The van der Waals surface area contributed by atoms with Gasteiger partial charge in [-0.15, -0.1) is 0 Å². The number of primary amides is 1. The molecule has 18 heavy (non-hydrogen) atoms. The second kappa shape index (κ2) is 6.16. The second-order valence-electron chi connectivity index (χ2n) is 4.88. The molecule has 1 aliphatic heterocycles. The summed E-state index contributed by atoms with van der Waals surface area (Å²) in [6, 6.07) is 3.89. The van der Waals surface area contributed by atoms with Crippen LogP contribution in [-0.2, 0) is 11.3 Å². The molecule has 0 spiro atoms. The van der Waals surface area contributed by atoms with Crippen LogP contribution in [0, 0.1) is 5.92 Å². The second-order valence-corrected chi connectivity index (χ2v) is 5.26. The van der Waals surface area contributed by atoms with Crippen LogP contribution in [0.15, 0.2) is 18.3 Å². The van der Waals surface area contributed by atoms with Gasteiger partial charge in [0.2, 0.25) is 5.91 Å². The molecule has 5 heteroatoms. The molecule has 1 aromatic rings. The highest BCUT2D eigenvalue weighted by atomic mass is 35.5. The van der Waals surface area contributed by atoms with Gasteiger partial charge >= 0.3 is 0 Å². The van der Waals surface area contributed by atoms with E-state index in [9.17, 15) is 4.79 Å². The Morgan fingerprint density at radius 2 is 2.22 bits per heavy atom. The Hall–Kier alpha value is -1.13. The number of pyridine rings is 1. The molecule has 2 heterocycles. The Kier molecular flexibility index (Phi) is 4.55. The molecule has 1 aromatic heterocycles. The molecule has 4 nitrogen and oxygen atoms in total. The van der Waals surface area contributed by atoms with Crippen LogP contribution in [0.2, 0.25) is 5.15 Å². The van der Waals surface area contributed by atoms with Crippen LogP contribution in [0.25, 0.3) is 0 Å². The van der Waals surface area contributed by atoms with E-state index >= 15 is 0 Å². The molecule has 2 rings (SSSR count). The van der Waals surface area contributed by atoms with Gasteiger partial charge in [-0.25, -0.2) is 4.98 Å². The van der Waals surface area contributed by atoms with Crippen LogP contribution in [0.1, 0.15) is 24.8 Å². The Morgan fingerprint density at radius 1 is 1.50 bits per heavy atom. The average Bonchev–Trinajstić information content (AvgIpc) is 2.31. The highest BCUT2D eigenvalue weighted by Crippen LogP contribution is 2.21. The van der Waals surface area contributed by atoms with Crippen LogP contribution in [0.3, 0.4) is 0 Å². The summed E-state index contributed by atoms with van der Waals surface area (Å²) in [5.41, 5.74) is 6.41. The van der Waals surface area contributed by atoms with Gasteiger partial charge in [-0.05, 0) is 49.5 Å². The fraction of sp³-hybridized carbons (Fsp3) is 0.538. The molecule has 0 bridgehead atoms. The fourth-order valence-corrected chi connectivity index (χ4v) is 2.63. The van der Waals surface area contributed by atoms with Gasteiger partial charge in [-0.3, -0.25) is 9.69 Å². The zero-order valence-corrected chi connectivity index (χ0v) is 11.1. The first-order valence-electron chi connectivity index (χ1n) is 6.24. The number of amides is 1. The molecule has 1 saturated heterocycles. The van der Waals surface area contributed by atoms with E-state index in [1.807, 2.05) is 12.1 Å². The summed E-state index contributed by atoms with van der Waals surface area (Å²) in [7, 11) is 0. The Balaban J connectivity index is 1.81. The van der Waals surface area contributed by atoms with Crippen molar-refractivity contribution in [2.24, 2.45) is 11.7 Å². The molecule has 1 fully saturated rings. The lowest BCUT2D eigenvalue weighted by atomic mass is 9.93. The van der Waals surface area contributed by atoms with Crippen LogP contribution in [-0.4, -0.2) is 28.9 Å². The number of hydrogen-bond acceptors (Lipinski definition) is 3. The maximum atomic E-state index is 10.9. The molecular weight excluding hydrogens is 250 g/mol. The van der Waals surface area contributed by atoms with Crippen LogP contribution in [0.5, 0.6) is 0 Å². The number of nitrogens with zero attached hydrogens (tertiary/aromatic N) is 2. The van der Waals surface area contributed by atoms with E-state index < -0.39 is 0 Å². The Morgan fingerprint density at radius 3 is 2.83 bits per heavy atom. The normalized spacial score (nSPS) is 17.8. The van der Waals surface area contributed by atoms with Crippen LogP contribution in [0.4, 0.5) is 0 Å². The first-order chi connectivity index (χ1) is 8.63. The fourth-order valence-electron chi connectivity index (χ4n) is 2.43. The van der Waals surface area contributed by atoms with Gasteiger partial charge in [0, 0.05) is 19.2 Å². The van der Waals surface area contributed by atoms with E-state index in [1.54, 1.807) is 6.20 Å². The molecule has 0 aliphatic carbocycles. The number of piperidine rings is 1. The van der Waals surface area contributed by atoms with Crippen molar-refractivity contribution >= 4 is 17.5 Å². The molecular formula is C13H18ClN3O. The van der Waals surface area contributed by atoms with Gasteiger partial charge in [0.1, 0.15) is 5.15 Å². The molecule has 1 amide bonds. The average molecular weight is 268 g/mol. The van der Waals surface area contributed by atoms with Gasteiger partial charge in [0.15, 0.2) is 0 Å². The molecule has 0 saturated carbocycles. The number of likely N-dealkylation sites (tertiary alicyclic amines) is 1. The molecule has 0 atom stereocenters. The maximum Gasteiger partial charge on any atom is 0.217 e. The van der Waals surface area contributed by atoms with Gasteiger partial charge in [-0.2, -0.15) is 0 Å². The SMILES string of the molecule is NC(=O)CC1CCN(Cc2ccnc(Cl)c2)CC1. The van der Waals surface area contributed by atoms with Crippen molar-refractivity contribution < 1.29 is 4.79 Å². The van der Waals surface area contributed by atoms with Gasteiger partial charge in [0.25, 0.3) is 0 Å². The predicted octanol–water partition coefficient (Wildman–Crippen LogP) is 1.82. The third kappa shape index (κ3) is 3.96. The lowest BCUT2D eigenvalue weighted by Gasteiger charge is -2.31. The van der Waals surface area contributed by atoms with E-state index in [4.69, 9.17) is 17.3 Å². The largest absolute Gasteiger partial charge is 0.370 e. The summed E-state index contributed by atoms with van der Waals surface area (Å²) in [5.74, 6) is 0.272. The number of carbonyl (C=O) groups excluding carboxylic acids is 1. The first kappa shape index (κ1) is 13.3. The van der Waals surface area contributed by atoms with E-state index in [2.05, 4.69) is 9.88 Å². The summed E-state index contributed by atoms with van der Waals surface area (Å²) in [6.45, 7) is 2.92. The maximum absolute atomic E-state index is 10.9. The van der Waals surface area contributed by atoms with Gasteiger partial charge < -0.3 is 5.73 Å². The van der Waals surface area contributed by atoms with Crippen LogP contribution < -0.4 is 5.73 Å². The zero-order chi connectivity index (χ0) is 13.0. The van der Waals surface area contributed by atoms with Crippen molar-refractivity contribution in [2.75, 3.05) is 13.1 Å². The number of halogens is 1. The summed E-state index contributed by atoms with van der Waals surface area (Å²) >= 11 is 5.86. The van der Waals surface area contributed by atoms with E-state index in [0.717, 1.165) is 32.5 Å². The summed E-state index contributed by atoms with van der Waals surface area (Å²) in [4.78, 5) is 17.2. The van der Waals surface area contributed by atoms with E-state index in [-0.39, 0.29) is 5.91 Å². The third-order valence-corrected chi connectivity index (χ3v) is 3.60. The highest BCUT2D eigenvalue weighted by Gasteiger charge is 2.20. The van der Waals surface area contributed by atoms with Gasteiger partial charge in [0.05, 0.1) is 0 Å². The first-order valence-corrected chi connectivity index (χ1v) is 6.62. The number of carbonyl (C=O) groups is 1. The highest BCUT2D eigenvalue weighted by molar-refractivity contribution is 6.29. The quantitative estimate of drug-likeness (QED) is 0.847. The van der Waals surface area contributed by atoms with E-state index in [0.29, 0.717) is 17.5 Å². The topological polar surface area (TPSA) is 59.2 Å². The summed E-state index contributed by atoms with van der Waals surface area (Å²) < 4.78 is 0. The Bertz CT molecular complexity index is 416. The number of hydrogen-bond donors (Lipinski definition) is 1. The lowest BCUT2D eigenvalue weighted by Crippen LogP contribution is -2.34. The van der Waals surface area contributed by atoms with Crippen molar-refractivity contribution in [3.8, 4) is 0 Å². The minimum Gasteiger partial charge on any atom is -0.370 e. The molecule has 0 unspecified atom stereocenters. The molecule has 1 aliphatic rings. The molecule has 0 aromatic carbocycles. The van der Waals surface area contributed by atoms with Gasteiger partial charge in [-0.1, -0.05) is 11.6 Å². The summed E-state index contributed by atoms with van der Waals surface area (Å²) in [5, 5.41) is 0.538. The number of aromatic nitrogens is 1. The summed E-state index contributed by atoms with van der Waals surface area (Å²) in [6.07, 6.45) is 4.34. The zero-order valence-electron chi connectivity index (χ0n) is 10.3. The number of nitrogens with two attached hydrogens (primary N) is 1. The predicted molar refractivity (Wildman–Crippen MR) is 71.1 cm³/mol. The lowest BCUT2D eigenvalue weighted by molar-refractivity contribution is -0.119. The Labute approximate surface area is 112 Å². The van der Waals surface area contributed by atoms with Crippen molar-refractivity contribution in [2.45, 2.75) is 25.8 Å². The van der Waals surface area contributed by atoms with Crippen molar-refractivity contribution in [3.63, 3.8) is 0 Å².